The van der Waals surface area contributed by atoms with E-state index >= 15 is 0 Å². The molecule has 0 saturated carbocycles. The van der Waals surface area contributed by atoms with E-state index in [1.807, 2.05) is 18.2 Å². The summed E-state index contributed by atoms with van der Waals surface area (Å²) in [4.78, 5) is 0. The third-order valence-corrected chi connectivity index (χ3v) is 1.15. The average Bonchev–Trinajstić information content (AvgIpc) is 2.06. The lowest BCUT2D eigenvalue weighted by atomic mass is 10.3. The quantitative estimate of drug-likeness (QED) is 0.465. The molecule has 1 aromatic carbocycles. The van der Waals surface area contributed by atoms with Crippen LogP contribution in [0.15, 0.2) is 30.3 Å². The maximum atomic E-state index is 8.26. The van der Waals surface area contributed by atoms with Crippen molar-refractivity contribution < 1.29 is 0 Å². The number of nitrogens with zero attached hydrogens (tertiary/aromatic N) is 1. The summed E-state index contributed by atoms with van der Waals surface area (Å²) in [5.74, 6) is -0.142. The molecular formula is C8H7N3. The summed E-state index contributed by atoms with van der Waals surface area (Å²) in [6.45, 7) is 0. The van der Waals surface area contributed by atoms with E-state index in [1.165, 1.54) is 0 Å². The third kappa shape index (κ3) is 2.11. The summed E-state index contributed by atoms with van der Waals surface area (Å²) < 4.78 is 0. The zero-order valence-corrected chi connectivity index (χ0v) is 5.83. The van der Waals surface area contributed by atoms with Crippen LogP contribution in [0.1, 0.15) is 0 Å². The molecule has 0 spiro atoms. The maximum Gasteiger partial charge on any atom is 0.203 e. The standard InChI is InChI=1S/C8H7N3/c9-6-8(10)11-7-4-2-1-3-5-7/h1-5H,(H2,10,11). The molecule has 0 radical (unpaired) electrons. The maximum absolute atomic E-state index is 8.26. The van der Waals surface area contributed by atoms with Gasteiger partial charge in [0.1, 0.15) is 6.07 Å². The summed E-state index contributed by atoms with van der Waals surface area (Å²) in [6, 6.07) is 10.8. The number of nitrogens with one attached hydrogen (secondary N) is 2. The smallest absolute Gasteiger partial charge is 0.203 e. The molecule has 0 aliphatic heterocycles. The van der Waals surface area contributed by atoms with Crippen molar-refractivity contribution in [1.82, 2.24) is 0 Å². The van der Waals surface area contributed by atoms with Crippen LogP contribution in [0.5, 0.6) is 0 Å². The predicted octanol–water partition coefficient (Wildman–Crippen LogP) is 1.60. The molecule has 0 aromatic heterocycles. The van der Waals surface area contributed by atoms with E-state index in [2.05, 4.69) is 5.32 Å². The Morgan fingerprint density at radius 1 is 1.36 bits per heavy atom. The molecule has 0 unspecified atom stereocenters. The Kier molecular flexibility index (Phi) is 2.24. The number of amidine groups is 1. The molecule has 0 aliphatic carbocycles. The van der Waals surface area contributed by atoms with E-state index in [0.29, 0.717) is 0 Å². The second-order valence-electron chi connectivity index (χ2n) is 1.98. The summed E-state index contributed by atoms with van der Waals surface area (Å²) in [5, 5.41) is 17.9. The molecule has 0 fully saturated rings. The van der Waals surface area contributed by atoms with E-state index in [9.17, 15) is 0 Å². The van der Waals surface area contributed by atoms with Crippen LogP contribution in [-0.4, -0.2) is 5.84 Å². The van der Waals surface area contributed by atoms with Gasteiger partial charge >= 0.3 is 0 Å². The van der Waals surface area contributed by atoms with Crippen molar-refractivity contribution in [1.29, 1.82) is 10.7 Å². The van der Waals surface area contributed by atoms with Gasteiger partial charge in [-0.1, -0.05) is 18.2 Å². The van der Waals surface area contributed by atoms with E-state index in [4.69, 9.17) is 10.7 Å². The van der Waals surface area contributed by atoms with Gasteiger partial charge in [-0.15, -0.1) is 0 Å². The Bertz CT molecular complexity index is 284. The minimum atomic E-state index is -0.142. The highest BCUT2D eigenvalue weighted by Gasteiger charge is 1.91. The normalized spacial score (nSPS) is 8.27. The molecule has 0 saturated heterocycles. The fourth-order valence-corrected chi connectivity index (χ4v) is 0.694. The van der Waals surface area contributed by atoms with E-state index in [1.54, 1.807) is 18.2 Å². The molecule has 54 valence electrons. The van der Waals surface area contributed by atoms with Gasteiger partial charge in [0, 0.05) is 5.69 Å². The van der Waals surface area contributed by atoms with Gasteiger partial charge < -0.3 is 5.32 Å². The monoisotopic (exact) mass is 145 g/mol. The fraction of sp³-hybridized carbons (Fsp3) is 0. The van der Waals surface area contributed by atoms with Crippen LogP contribution in [0, 0.1) is 16.7 Å². The molecule has 0 bridgehead atoms. The molecule has 0 amide bonds. The van der Waals surface area contributed by atoms with E-state index < -0.39 is 0 Å². The second kappa shape index (κ2) is 3.37. The van der Waals surface area contributed by atoms with Crippen molar-refractivity contribution >= 4 is 11.5 Å². The average molecular weight is 145 g/mol. The van der Waals surface area contributed by atoms with Gasteiger partial charge in [0.15, 0.2) is 0 Å². The van der Waals surface area contributed by atoms with Crippen molar-refractivity contribution in [3.8, 4) is 6.07 Å². The molecule has 1 aromatic rings. The molecule has 0 heterocycles. The number of benzene rings is 1. The topological polar surface area (TPSA) is 59.7 Å². The van der Waals surface area contributed by atoms with Crippen molar-refractivity contribution in [3.63, 3.8) is 0 Å². The lowest BCUT2D eigenvalue weighted by Crippen LogP contribution is -2.06. The molecule has 3 heteroatoms. The summed E-state index contributed by atoms with van der Waals surface area (Å²) >= 11 is 0. The number of rotatable bonds is 1. The first-order valence-corrected chi connectivity index (χ1v) is 3.13. The highest BCUT2D eigenvalue weighted by molar-refractivity contribution is 6.04. The van der Waals surface area contributed by atoms with Gasteiger partial charge in [-0.05, 0) is 12.1 Å². The third-order valence-electron chi connectivity index (χ3n) is 1.15. The number of hydrogen-bond acceptors (Lipinski definition) is 2. The number of anilines is 1. The molecule has 3 nitrogen and oxygen atoms in total. The van der Waals surface area contributed by atoms with E-state index in [0.717, 1.165) is 5.69 Å². The minimum Gasteiger partial charge on any atom is -0.332 e. The van der Waals surface area contributed by atoms with Gasteiger partial charge in [0.2, 0.25) is 5.84 Å². The van der Waals surface area contributed by atoms with Crippen molar-refractivity contribution in [2.24, 2.45) is 0 Å². The summed E-state index contributed by atoms with van der Waals surface area (Å²) in [6.07, 6.45) is 0. The SMILES string of the molecule is N#CC(=N)Nc1ccccc1. The minimum absolute atomic E-state index is 0.142. The van der Waals surface area contributed by atoms with Crippen molar-refractivity contribution in [2.75, 3.05) is 5.32 Å². The van der Waals surface area contributed by atoms with Crippen molar-refractivity contribution in [2.45, 2.75) is 0 Å². The Hall–Kier alpha value is -1.82. The summed E-state index contributed by atoms with van der Waals surface area (Å²) in [5.41, 5.74) is 0.763. The summed E-state index contributed by atoms with van der Waals surface area (Å²) in [7, 11) is 0. The first-order valence-electron chi connectivity index (χ1n) is 3.13. The van der Waals surface area contributed by atoms with Crippen LogP contribution < -0.4 is 5.32 Å². The lowest BCUT2D eigenvalue weighted by molar-refractivity contribution is 1.45. The van der Waals surface area contributed by atoms with Gasteiger partial charge in [0.25, 0.3) is 0 Å². The highest BCUT2D eigenvalue weighted by atomic mass is 14.9. The van der Waals surface area contributed by atoms with Gasteiger partial charge in [-0.2, -0.15) is 5.26 Å². The van der Waals surface area contributed by atoms with Crippen LogP contribution in [-0.2, 0) is 0 Å². The zero-order chi connectivity index (χ0) is 8.10. The first-order chi connectivity index (χ1) is 5.33. The number of nitriles is 1. The number of hydrogen-bond donors (Lipinski definition) is 2. The number of para-hydroxylation sites is 1. The molecular weight excluding hydrogens is 138 g/mol. The fourth-order valence-electron chi connectivity index (χ4n) is 0.694. The van der Waals surface area contributed by atoms with Gasteiger partial charge in [0.05, 0.1) is 0 Å². The van der Waals surface area contributed by atoms with Gasteiger partial charge in [-0.25, -0.2) is 0 Å². The molecule has 11 heavy (non-hydrogen) atoms. The molecule has 2 N–H and O–H groups in total. The van der Waals surface area contributed by atoms with Crippen LogP contribution >= 0.6 is 0 Å². The Morgan fingerprint density at radius 2 is 2.00 bits per heavy atom. The Balaban J connectivity index is 2.67. The lowest BCUT2D eigenvalue weighted by Gasteiger charge is -1.98. The molecule has 1 rings (SSSR count). The van der Waals surface area contributed by atoms with Gasteiger partial charge in [-0.3, -0.25) is 5.41 Å². The van der Waals surface area contributed by atoms with Crippen LogP contribution in [0.4, 0.5) is 5.69 Å². The highest BCUT2D eigenvalue weighted by Crippen LogP contribution is 2.03. The molecule has 0 aliphatic rings. The Labute approximate surface area is 64.8 Å². The van der Waals surface area contributed by atoms with Crippen molar-refractivity contribution in [3.05, 3.63) is 30.3 Å². The molecule has 0 atom stereocenters. The van der Waals surface area contributed by atoms with Crippen LogP contribution in [0.2, 0.25) is 0 Å². The second-order valence-corrected chi connectivity index (χ2v) is 1.98. The largest absolute Gasteiger partial charge is 0.332 e. The Morgan fingerprint density at radius 3 is 2.55 bits per heavy atom. The first kappa shape index (κ1) is 7.29. The van der Waals surface area contributed by atoms with Crippen LogP contribution in [0.25, 0.3) is 0 Å². The van der Waals surface area contributed by atoms with E-state index in [-0.39, 0.29) is 5.84 Å². The van der Waals surface area contributed by atoms with Crippen LogP contribution in [0.3, 0.4) is 0 Å². The zero-order valence-electron chi connectivity index (χ0n) is 5.83. The predicted molar refractivity (Wildman–Crippen MR) is 43.4 cm³/mol.